The van der Waals surface area contributed by atoms with Gasteiger partial charge in [0.05, 0.1) is 5.69 Å². The van der Waals surface area contributed by atoms with Crippen LogP contribution < -0.4 is 9.64 Å². The maximum Gasteiger partial charge on any atom is 0.265 e. The molecule has 0 atom stereocenters. The second-order valence-corrected chi connectivity index (χ2v) is 6.29. The van der Waals surface area contributed by atoms with Gasteiger partial charge in [0.15, 0.2) is 6.61 Å². The number of hydrogen-bond donors (Lipinski definition) is 0. The molecular formula is C20H22N2O3. The summed E-state index contributed by atoms with van der Waals surface area (Å²) in [7, 11) is 1.79. The van der Waals surface area contributed by atoms with Crippen molar-refractivity contribution in [1.82, 2.24) is 4.90 Å². The lowest BCUT2D eigenvalue weighted by Gasteiger charge is -2.30. The highest BCUT2D eigenvalue weighted by molar-refractivity contribution is 5.98. The highest BCUT2D eigenvalue weighted by atomic mass is 16.5. The summed E-state index contributed by atoms with van der Waals surface area (Å²) in [5.41, 5.74) is 2.88. The minimum atomic E-state index is -0.114. The molecule has 0 saturated heterocycles. The van der Waals surface area contributed by atoms with Crippen molar-refractivity contribution in [2.24, 2.45) is 0 Å². The van der Waals surface area contributed by atoms with E-state index in [0.29, 0.717) is 18.8 Å². The van der Waals surface area contributed by atoms with Crippen molar-refractivity contribution < 1.29 is 14.3 Å². The van der Waals surface area contributed by atoms with Crippen LogP contribution in [0.15, 0.2) is 48.5 Å². The summed E-state index contributed by atoms with van der Waals surface area (Å²) in [6.07, 6.45) is 0.280. The Balaban J connectivity index is 1.64. The SMILES string of the molecule is Cc1ccc2c(c1)N(CCC(=O)N(C)Cc1ccccc1)C(=O)CO2. The third kappa shape index (κ3) is 3.99. The van der Waals surface area contributed by atoms with Crippen LogP contribution in [0.2, 0.25) is 0 Å². The van der Waals surface area contributed by atoms with E-state index in [-0.39, 0.29) is 24.8 Å². The van der Waals surface area contributed by atoms with Gasteiger partial charge in [-0.3, -0.25) is 9.59 Å². The van der Waals surface area contributed by atoms with Crippen LogP contribution in [-0.2, 0) is 16.1 Å². The van der Waals surface area contributed by atoms with Crippen molar-refractivity contribution in [3.63, 3.8) is 0 Å². The Morgan fingerprint density at radius 3 is 2.72 bits per heavy atom. The summed E-state index contributed by atoms with van der Waals surface area (Å²) >= 11 is 0. The molecule has 2 aromatic carbocycles. The number of anilines is 1. The van der Waals surface area contributed by atoms with Crippen LogP contribution in [0.1, 0.15) is 17.5 Å². The molecule has 0 radical (unpaired) electrons. The van der Waals surface area contributed by atoms with E-state index in [1.165, 1.54) is 0 Å². The molecular weight excluding hydrogens is 316 g/mol. The van der Waals surface area contributed by atoms with E-state index in [1.807, 2.05) is 55.5 Å². The summed E-state index contributed by atoms with van der Waals surface area (Å²) in [6.45, 7) is 2.91. The fraction of sp³-hybridized carbons (Fsp3) is 0.300. The molecule has 0 unspecified atom stereocenters. The molecule has 2 amide bonds. The lowest BCUT2D eigenvalue weighted by molar-refractivity contribution is -0.130. The van der Waals surface area contributed by atoms with Crippen LogP contribution in [0.3, 0.4) is 0 Å². The van der Waals surface area contributed by atoms with Crippen LogP contribution in [0.5, 0.6) is 5.75 Å². The van der Waals surface area contributed by atoms with Gasteiger partial charge in [-0.1, -0.05) is 36.4 Å². The number of amides is 2. The van der Waals surface area contributed by atoms with E-state index >= 15 is 0 Å². The number of rotatable bonds is 5. The van der Waals surface area contributed by atoms with Gasteiger partial charge in [0, 0.05) is 26.6 Å². The van der Waals surface area contributed by atoms with Gasteiger partial charge in [-0.2, -0.15) is 0 Å². The first kappa shape index (κ1) is 17.0. The summed E-state index contributed by atoms with van der Waals surface area (Å²) < 4.78 is 5.47. The number of nitrogens with zero attached hydrogens (tertiary/aromatic N) is 2. The first-order chi connectivity index (χ1) is 12.0. The molecule has 0 bridgehead atoms. The van der Waals surface area contributed by atoms with E-state index in [9.17, 15) is 9.59 Å². The maximum atomic E-state index is 12.4. The smallest absolute Gasteiger partial charge is 0.265 e. The molecule has 3 rings (SSSR count). The maximum absolute atomic E-state index is 12.4. The standard InChI is InChI=1S/C20H22N2O3/c1-15-8-9-18-17(12-15)22(20(24)14-25-18)11-10-19(23)21(2)13-16-6-4-3-5-7-16/h3-9,12H,10-11,13-14H2,1-2H3. The normalized spacial score (nSPS) is 13.2. The fourth-order valence-electron chi connectivity index (χ4n) is 2.90. The van der Waals surface area contributed by atoms with Gasteiger partial charge in [-0.15, -0.1) is 0 Å². The minimum absolute atomic E-state index is 0.0114. The number of ether oxygens (including phenoxy) is 1. The average molecular weight is 338 g/mol. The Kier molecular flexibility index (Phi) is 5.03. The molecule has 1 heterocycles. The molecule has 130 valence electrons. The highest BCUT2D eigenvalue weighted by Gasteiger charge is 2.26. The predicted octanol–water partition coefficient (Wildman–Crippen LogP) is 2.77. The quantitative estimate of drug-likeness (QED) is 0.842. The fourth-order valence-corrected chi connectivity index (χ4v) is 2.90. The molecule has 0 N–H and O–H groups in total. The van der Waals surface area contributed by atoms with Gasteiger partial charge >= 0.3 is 0 Å². The second-order valence-electron chi connectivity index (χ2n) is 6.29. The molecule has 1 aliphatic heterocycles. The largest absolute Gasteiger partial charge is 0.482 e. The molecule has 0 spiro atoms. The van der Waals surface area contributed by atoms with Gasteiger partial charge in [0.2, 0.25) is 5.91 Å². The van der Waals surface area contributed by atoms with Crippen LogP contribution in [-0.4, -0.2) is 36.9 Å². The van der Waals surface area contributed by atoms with Crippen molar-refractivity contribution in [2.45, 2.75) is 19.9 Å². The number of carbonyl (C=O) groups is 2. The van der Waals surface area contributed by atoms with Crippen LogP contribution in [0, 0.1) is 6.92 Å². The third-order valence-electron chi connectivity index (χ3n) is 4.30. The molecule has 2 aromatic rings. The van der Waals surface area contributed by atoms with Crippen molar-refractivity contribution in [2.75, 3.05) is 25.1 Å². The van der Waals surface area contributed by atoms with E-state index < -0.39 is 0 Å². The lowest BCUT2D eigenvalue weighted by atomic mass is 10.1. The molecule has 25 heavy (non-hydrogen) atoms. The first-order valence-corrected chi connectivity index (χ1v) is 8.36. The zero-order valence-electron chi connectivity index (χ0n) is 14.6. The minimum Gasteiger partial charge on any atom is -0.482 e. The number of benzene rings is 2. The Labute approximate surface area is 147 Å². The van der Waals surface area contributed by atoms with Crippen LogP contribution >= 0.6 is 0 Å². The Bertz CT molecular complexity index is 774. The number of hydrogen-bond acceptors (Lipinski definition) is 3. The van der Waals surface area contributed by atoms with Crippen molar-refractivity contribution in [3.8, 4) is 5.75 Å². The topological polar surface area (TPSA) is 49.9 Å². The Morgan fingerprint density at radius 1 is 1.20 bits per heavy atom. The highest BCUT2D eigenvalue weighted by Crippen LogP contribution is 2.32. The Hall–Kier alpha value is -2.82. The van der Waals surface area contributed by atoms with Gasteiger partial charge in [-0.25, -0.2) is 0 Å². The zero-order chi connectivity index (χ0) is 17.8. The number of fused-ring (bicyclic) bond motifs is 1. The van der Waals surface area contributed by atoms with E-state index in [0.717, 1.165) is 16.8 Å². The summed E-state index contributed by atoms with van der Waals surface area (Å²) in [6, 6.07) is 15.6. The van der Waals surface area contributed by atoms with Crippen molar-refractivity contribution in [3.05, 3.63) is 59.7 Å². The van der Waals surface area contributed by atoms with Gasteiger partial charge in [0.1, 0.15) is 5.75 Å². The lowest BCUT2D eigenvalue weighted by Crippen LogP contribution is -2.41. The van der Waals surface area contributed by atoms with E-state index in [2.05, 4.69) is 0 Å². The predicted molar refractivity (Wildman–Crippen MR) is 96.6 cm³/mol. The molecule has 5 nitrogen and oxygen atoms in total. The van der Waals surface area contributed by atoms with Gasteiger partial charge < -0.3 is 14.5 Å². The summed E-state index contributed by atoms with van der Waals surface area (Å²) in [5, 5.41) is 0. The average Bonchev–Trinajstić information content (AvgIpc) is 2.61. The van der Waals surface area contributed by atoms with E-state index in [4.69, 9.17) is 4.74 Å². The molecule has 0 saturated carbocycles. The van der Waals surface area contributed by atoms with Crippen LogP contribution in [0.25, 0.3) is 0 Å². The number of carbonyl (C=O) groups excluding carboxylic acids is 2. The summed E-state index contributed by atoms with van der Waals surface area (Å²) in [5.74, 6) is 0.587. The summed E-state index contributed by atoms with van der Waals surface area (Å²) in [4.78, 5) is 28.0. The van der Waals surface area contributed by atoms with Gasteiger partial charge in [0.25, 0.3) is 5.91 Å². The zero-order valence-corrected chi connectivity index (χ0v) is 14.6. The molecule has 0 aromatic heterocycles. The van der Waals surface area contributed by atoms with E-state index in [1.54, 1.807) is 16.8 Å². The monoisotopic (exact) mass is 338 g/mol. The number of aryl methyl sites for hydroxylation is 1. The Morgan fingerprint density at radius 2 is 1.96 bits per heavy atom. The van der Waals surface area contributed by atoms with Crippen molar-refractivity contribution in [1.29, 1.82) is 0 Å². The molecule has 5 heteroatoms. The first-order valence-electron chi connectivity index (χ1n) is 8.36. The van der Waals surface area contributed by atoms with Gasteiger partial charge in [-0.05, 0) is 30.2 Å². The van der Waals surface area contributed by atoms with Crippen molar-refractivity contribution >= 4 is 17.5 Å². The second kappa shape index (κ2) is 7.38. The third-order valence-corrected chi connectivity index (χ3v) is 4.30. The molecule has 1 aliphatic rings. The molecule has 0 aliphatic carbocycles. The molecule has 0 fully saturated rings. The van der Waals surface area contributed by atoms with Crippen LogP contribution in [0.4, 0.5) is 5.69 Å².